The van der Waals surface area contributed by atoms with E-state index in [0.717, 1.165) is 57.3 Å². The molecule has 2 aliphatic rings. The predicted octanol–water partition coefficient (Wildman–Crippen LogP) is 3.79. The minimum Gasteiger partial charge on any atom is -0.357 e. The van der Waals surface area contributed by atoms with Crippen LogP contribution < -0.4 is 15.5 Å². The molecule has 2 N–H and O–H groups in total. The van der Waals surface area contributed by atoms with Crippen molar-refractivity contribution in [1.29, 1.82) is 0 Å². The maximum atomic E-state index is 4.60. The number of guanidine groups is 1. The Morgan fingerprint density at radius 3 is 2.62 bits per heavy atom. The van der Waals surface area contributed by atoms with Gasteiger partial charge in [0.25, 0.3) is 0 Å². The van der Waals surface area contributed by atoms with Gasteiger partial charge in [-0.05, 0) is 62.3 Å². The Hall–Kier alpha value is -2.60. The normalized spacial score (nSPS) is 22.6. The van der Waals surface area contributed by atoms with Crippen LogP contribution >= 0.6 is 0 Å². The maximum absolute atomic E-state index is 4.60. The molecule has 2 fully saturated rings. The predicted molar refractivity (Wildman–Crippen MR) is 133 cm³/mol. The molecular weight excluding hydrogens is 396 g/mol. The van der Waals surface area contributed by atoms with Gasteiger partial charge in [-0.2, -0.15) is 0 Å². The van der Waals surface area contributed by atoms with Crippen LogP contribution in [0.1, 0.15) is 50.2 Å². The number of nitrogens with zero attached hydrogens (tertiary/aromatic N) is 4. The van der Waals surface area contributed by atoms with Crippen molar-refractivity contribution in [3.8, 4) is 0 Å². The first kappa shape index (κ1) is 22.6. The monoisotopic (exact) mass is 434 g/mol. The molecule has 0 saturated carbocycles. The third-order valence-corrected chi connectivity index (χ3v) is 6.76. The Morgan fingerprint density at radius 1 is 1.06 bits per heavy atom. The molecule has 6 heteroatoms. The Kier molecular flexibility index (Phi) is 7.99. The van der Waals surface area contributed by atoms with Gasteiger partial charge in [-0.15, -0.1) is 0 Å². The van der Waals surface area contributed by atoms with Crippen molar-refractivity contribution in [2.24, 2.45) is 4.99 Å². The van der Waals surface area contributed by atoms with Gasteiger partial charge in [-0.25, -0.2) is 4.98 Å². The number of pyridine rings is 1. The average Bonchev–Trinajstić information content (AvgIpc) is 2.85. The number of anilines is 1. The van der Waals surface area contributed by atoms with Gasteiger partial charge in [-0.3, -0.25) is 9.89 Å². The topological polar surface area (TPSA) is 55.8 Å². The van der Waals surface area contributed by atoms with Crippen LogP contribution in [-0.2, 0) is 13.1 Å². The van der Waals surface area contributed by atoms with Gasteiger partial charge in [0.05, 0.1) is 0 Å². The van der Waals surface area contributed by atoms with Crippen LogP contribution in [0.25, 0.3) is 0 Å². The summed E-state index contributed by atoms with van der Waals surface area (Å²) in [4.78, 5) is 14.1. The van der Waals surface area contributed by atoms with E-state index in [1.165, 1.54) is 30.4 Å². The van der Waals surface area contributed by atoms with E-state index < -0.39 is 0 Å². The van der Waals surface area contributed by atoms with E-state index in [1.807, 2.05) is 13.2 Å². The smallest absolute Gasteiger partial charge is 0.191 e. The molecule has 0 spiro atoms. The lowest BCUT2D eigenvalue weighted by Crippen LogP contribution is -2.51. The highest BCUT2D eigenvalue weighted by atomic mass is 15.2. The number of aliphatic imine (C=N–C) groups is 1. The number of hydrogen-bond acceptors (Lipinski definition) is 4. The number of rotatable bonds is 6. The largest absolute Gasteiger partial charge is 0.357 e. The molecule has 2 aliphatic heterocycles. The number of hydrogen-bond donors (Lipinski definition) is 2. The molecule has 2 saturated heterocycles. The zero-order valence-corrected chi connectivity index (χ0v) is 19.6. The Morgan fingerprint density at radius 2 is 1.88 bits per heavy atom. The summed E-state index contributed by atoms with van der Waals surface area (Å²) in [6.07, 6.45) is 8.06. The summed E-state index contributed by atoms with van der Waals surface area (Å²) in [6, 6.07) is 16.1. The molecule has 3 heterocycles. The third-order valence-electron chi connectivity index (χ3n) is 6.76. The van der Waals surface area contributed by atoms with E-state index >= 15 is 0 Å². The fourth-order valence-electron chi connectivity index (χ4n) is 4.84. The molecule has 0 bridgehead atoms. The number of nitrogens with one attached hydrogen (secondary N) is 2. The van der Waals surface area contributed by atoms with E-state index in [2.05, 4.69) is 79.8 Å². The van der Waals surface area contributed by atoms with E-state index in [1.54, 1.807) is 0 Å². The molecule has 1 aromatic carbocycles. The zero-order valence-electron chi connectivity index (χ0n) is 19.6. The summed E-state index contributed by atoms with van der Waals surface area (Å²) in [5.41, 5.74) is 2.64. The summed E-state index contributed by atoms with van der Waals surface area (Å²) in [6.45, 7) is 7.47. The van der Waals surface area contributed by atoms with Crippen LogP contribution in [0, 0.1) is 0 Å². The molecule has 6 nitrogen and oxygen atoms in total. The highest BCUT2D eigenvalue weighted by molar-refractivity contribution is 5.80. The molecule has 2 aromatic rings. The second-order valence-electron chi connectivity index (χ2n) is 9.17. The molecule has 4 rings (SSSR count). The molecule has 2 unspecified atom stereocenters. The van der Waals surface area contributed by atoms with Crippen LogP contribution in [0.5, 0.6) is 0 Å². The summed E-state index contributed by atoms with van der Waals surface area (Å²) >= 11 is 0. The van der Waals surface area contributed by atoms with Gasteiger partial charge in [0.1, 0.15) is 5.82 Å². The number of aromatic nitrogens is 1. The first-order valence-corrected chi connectivity index (χ1v) is 12.2. The Balaban J connectivity index is 1.25. The highest BCUT2D eigenvalue weighted by Gasteiger charge is 2.26. The van der Waals surface area contributed by atoms with Gasteiger partial charge in [0, 0.05) is 58.1 Å². The minimum absolute atomic E-state index is 0.449. The molecule has 32 heavy (non-hydrogen) atoms. The summed E-state index contributed by atoms with van der Waals surface area (Å²) in [7, 11) is 1.86. The summed E-state index contributed by atoms with van der Waals surface area (Å²) in [5.74, 6) is 1.99. The van der Waals surface area contributed by atoms with Crippen LogP contribution in [0.2, 0.25) is 0 Å². The van der Waals surface area contributed by atoms with Gasteiger partial charge in [0.2, 0.25) is 0 Å². The lowest BCUT2D eigenvalue weighted by Gasteiger charge is -2.38. The van der Waals surface area contributed by atoms with E-state index in [-0.39, 0.29) is 0 Å². The van der Waals surface area contributed by atoms with E-state index in [4.69, 9.17) is 0 Å². The van der Waals surface area contributed by atoms with Crippen molar-refractivity contribution in [3.63, 3.8) is 0 Å². The maximum Gasteiger partial charge on any atom is 0.191 e. The summed E-state index contributed by atoms with van der Waals surface area (Å²) in [5, 5.41) is 7.16. The van der Waals surface area contributed by atoms with Crippen molar-refractivity contribution < 1.29 is 0 Å². The van der Waals surface area contributed by atoms with Gasteiger partial charge < -0.3 is 15.5 Å². The third kappa shape index (κ3) is 6.22. The van der Waals surface area contributed by atoms with Crippen molar-refractivity contribution in [1.82, 2.24) is 20.5 Å². The van der Waals surface area contributed by atoms with Crippen LogP contribution in [0.15, 0.2) is 53.7 Å². The first-order valence-electron chi connectivity index (χ1n) is 12.2. The van der Waals surface area contributed by atoms with Crippen molar-refractivity contribution >= 4 is 11.8 Å². The average molecular weight is 435 g/mol. The quantitative estimate of drug-likeness (QED) is 0.535. The molecule has 0 radical (unpaired) electrons. The lowest BCUT2D eigenvalue weighted by molar-refractivity contribution is 0.134. The highest BCUT2D eigenvalue weighted by Crippen LogP contribution is 2.20. The molecular formula is C26H38N6. The van der Waals surface area contributed by atoms with Crippen LogP contribution in [0.4, 0.5) is 5.82 Å². The lowest BCUT2D eigenvalue weighted by atomic mass is 9.97. The number of likely N-dealkylation sites (tertiary alicyclic amines) is 1. The van der Waals surface area contributed by atoms with Crippen molar-refractivity contribution in [2.75, 3.05) is 31.6 Å². The van der Waals surface area contributed by atoms with Gasteiger partial charge >= 0.3 is 0 Å². The molecule has 0 aliphatic carbocycles. The summed E-state index contributed by atoms with van der Waals surface area (Å²) < 4.78 is 0. The SMILES string of the molecule is CN=C(NCc1ccnc(N2CCCCC2)c1)NC1CCN(Cc2ccccc2)C(C)C1. The van der Waals surface area contributed by atoms with Gasteiger partial charge in [0.15, 0.2) is 5.96 Å². The fourth-order valence-corrected chi connectivity index (χ4v) is 4.84. The molecule has 1 aromatic heterocycles. The van der Waals surface area contributed by atoms with Gasteiger partial charge in [-0.1, -0.05) is 30.3 Å². The molecule has 2 atom stereocenters. The Bertz CT molecular complexity index is 862. The second-order valence-corrected chi connectivity index (χ2v) is 9.17. The standard InChI is InChI=1S/C26H38N6/c1-21-17-24(12-16-32(21)20-22-9-5-3-6-10-22)30-26(27-2)29-19-23-11-13-28-25(18-23)31-14-7-4-8-15-31/h3,5-6,9-11,13,18,21,24H,4,7-8,12,14-17,19-20H2,1-2H3,(H2,27,29,30). The number of piperidine rings is 2. The van der Waals surface area contributed by atoms with Crippen LogP contribution in [-0.4, -0.2) is 54.6 Å². The Labute approximate surface area is 193 Å². The fraction of sp³-hybridized carbons (Fsp3) is 0.538. The van der Waals surface area contributed by atoms with E-state index in [0.29, 0.717) is 12.1 Å². The second kappa shape index (κ2) is 11.3. The van der Waals surface area contributed by atoms with Crippen molar-refractivity contribution in [3.05, 3.63) is 59.8 Å². The number of benzene rings is 1. The minimum atomic E-state index is 0.449. The first-order chi connectivity index (χ1) is 15.7. The van der Waals surface area contributed by atoms with E-state index in [9.17, 15) is 0 Å². The molecule has 172 valence electrons. The zero-order chi connectivity index (χ0) is 22.2. The molecule has 0 amide bonds. The van der Waals surface area contributed by atoms with Crippen LogP contribution in [0.3, 0.4) is 0 Å². The van der Waals surface area contributed by atoms with Crippen molar-refractivity contribution in [2.45, 2.75) is 64.2 Å².